The molecule has 1 amide bonds. The SMILES string of the molecule is CN1CC[C@@](O)(c2cc(-c3cccc(-c4cc(C5CC5)c(N)cn4)c3)no2)C1=O. The molecule has 2 fully saturated rings. The molecule has 2 aromatic heterocycles. The first kappa shape index (κ1) is 17.9. The highest BCUT2D eigenvalue weighted by Crippen LogP contribution is 2.43. The summed E-state index contributed by atoms with van der Waals surface area (Å²) < 4.78 is 5.37. The van der Waals surface area contributed by atoms with Gasteiger partial charge in [0.05, 0.1) is 17.6 Å². The number of aromatic nitrogens is 2. The lowest BCUT2D eigenvalue weighted by molar-refractivity contribution is -0.144. The Morgan fingerprint density at radius 2 is 1.97 bits per heavy atom. The third-order valence-corrected chi connectivity index (χ3v) is 5.87. The van der Waals surface area contributed by atoms with Crippen molar-refractivity contribution in [3.63, 3.8) is 0 Å². The Morgan fingerprint density at radius 1 is 1.21 bits per heavy atom. The van der Waals surface area contributed by atoms with E-state index in [1.807, 2.05) is 24.3 Å². The first-order valence-corrected chi connectivity index (χ1v) is 9.77. The molecular formula is C22H22N4O3. The average Bonchev–Trinajstić information content (AvgIpc) is 3.39. The fraction of sp³-hybridized carbons (Fsp3) is 0.318. The van der Waals surface area contributed by atoms with Gasteiger partial charge in [-0.3, -0.25) is 9.78 Å². The van der Waals surface area contributed by atoms with Crippen LogP contribution in [-0.2, 0) is 10.4 Å². The Kier molecular flexibility index (Phi) is 3.96. The molecule has 0 bridgehead atoms. The Hall–Kier alpha value is -3.19. The molecule has 1 aliphatic heterocycles. The van der Waals surface area contributed by atoms with Gasteiger partial charge in [0.25, 0.3) is 5.91 Å². The van der Waals surface area contributed by atoms with E-state index in [2.05, 4.69) is 16.2 Å². The summed E-state index contributed by atoms with van der Waals surface area (Å²) in [5, 5.41) is 14.9. The van der Waals surface area contributed by atoms with Gasteiger partial charge in [-0.15, -0.1) is 0 Å². The Labute approximate surface area is 168 Å². The quantitative estimate of drug-likeness (QED) is 0.710. The molecule has 1 aliphatic carbocycles. The lowest BCUT2D eigenvalue weighted by Crippen LogP contribution is -2.35. The second kappa shape index (κ2) is 6.42. The standard InChI is InChI=1S/C22H22N4O3/c1-26-8-7-22(28,21(26)27)20-11-19(25-29-20)15-4-2-3-14(9-15)18-10-16(13-5-6-13)17(23)12-24-18/h2-4,9-13,28H,5-8,23H2,1H3/t22-/m1/s1. The molecule has 1 atom stereocenters. The number of hydrogen-bond donors (Lipinski definition) is 2. The summed E-state index contributed by atoms with van der Waals surface area (Å²) in [6.45, 7) is 0.479. The molecule has 3 heterocycles. The van der Waals surface area contributed by atoms with Crippen LogP contribution in [0.15, 0.2) is 47.1 Å². The minimum absolute atomic E-state index is 0.175. The zero-order valence-electron chi connectivity index (χ0n) is 16.1. The van der Waals surface area contributed by atoms with Crippen LogP contribution < -0.4 is 5.73 Å². The van der Waals surface area contributed by atoms with Crippen molar-refractivity contribution in [3.05, 3.63) is 53.9 Å². The number of nitrogens with zero attached hydrogens (tertiary/aromatic N) is 3. The van der Waals surface area contributed by atoms with Crippen LogP contribution in [0.2, 0.25) is 0 Å². The number of carbonyl (C=O) groups is 1. The number of likely N-dealkylation sites (tertiary alicyclic amines) is 1. The number of benzene rings is 1. The topological polar surface area (TPSA) is 105 Å². The summed E-state index contributed by atoms with van der Waals surface area (Å²) in [7, 11) is 1.66. The van der Waals surface area contributed by atoms with Crippen LogP contribution in [0.1, 0.15) is 36.5 Å². The lowest BCUT2D eigenvalue weighted by Gasteiger charge is -2.16. The smallest absolute Gasteiger partial charge is 0.262 e. The van der Waals surface area contributed by atoms with Crippen molar-refractivity contribution in [1.29, 1.82) is 0 Å². The van der Waals surface area contributed by atoms with E-state index < -0.39 is 5.60 Å². The molecule has 148 valence electrons. The van der Waals surface area contributed by atoms with E-state index in [-0.39, 0.29) is 18.1 Å². The fourth-order valence-corrected chi connectivity index (χ4v) is 3.91. The summed E-state index contributed by atoms with van der Waals surface area (Å²) in [6, 6.07) is 11.5. The minimum Gasteiger partial charge on any atom is -0.397 e. The largest absolute Gasteiger partial charge is 0.397 e. The van der Waals surface area contributed by atoms with Gasteiger partial charge in [-0.25, -0.2) is 0 Å². The lowest BCUT2D eigenvalue weighted by atomic mass is 9.97. The van der Waals surface area contributed by atoms with Gasteiger partial charge in [-0.2, -0.15) is 0 Å². The van der Waals surface area contributed by atoms with Crippen LogP contribution in [0.4, 0.5) is 5.69 Å². The fourth-order valence-electron chi connectivity index (χ4n) is 3.91. The number of pyridine rings is 1. The van der Waals surface area contributed by atoms with Crippen LogP contribution in [0.25, 0.3) is 22.5 Å². The van der Waals surface area contributed by atoms with Crippen molar-refractivity contribution in [2.75, 3.05) is 19.3 Å². The molecule has 7 heteroatoms. The van der Waals surface area contributed by atoms with Crippen LogP contribution in [0.5, 0.6) is 0 Å². The number of aliphatic hydroxyl groups is 1. The highest BCUT2D eigenvalue weighted by Gasteiger charge is 2.48. The van der Waals surface area contributed by atoms with Crippen molar-refractivity contribution in [3.8, 4) is 22.5 Å². The van der Waals surface area contributed by atoms with E-state index in [0.717, 1.165) is 28.1 Å². The van der Waals surface area contributed by atoms with E-state index in [1.165, 1.54) is 17.7 Å². The number of likely N-dealkylation sites (N-methyl/N-ethyl adjacent to an activating group) is 1. The average molecular weight is 390 g/mol. The predicted molar refractivity (Wildman–Crippen MR) is 108 cm³/mol. The van der Waals surface area contributed by atoms with Gasteiger partial charge >= 0.3 is 0 Å². The predicted octanol–water partition coefficient (Wildman–Crippen LogP) is 2.91. The number of rotatable bonds is 4. The third kappa shape index (κ3) is 2.98. The van der Waals surface area contributed by atoms with E-state index in [9.17, 15) is 9.90 Å². The van der Waals surface area contributed by atoms with Crippen LogP contribution in [-0.4, -0.2) is 39.6 Å². The van der Waals surface area contributed by atoms with Crippen molar-refractivity contribution >= 4 is 11.6 Å². The maximum Gasteiger partial charge on any atom is 0.262 e. The number of amides is 1. The number of anilines is 1. The molecule has 1 saturated carbocycles. The number of carbonyl (C=O) groups excluding carboxylic acids is 1. The molecule has 2 aliphatic rings. The molecule has 0 unspecified atom stereocenters. The van der Waals surface area contributed by atoms with E-state index in [0.29, 0.717) is 18.2 Å². The van der Waals surface area contributed by atoms with Crippen molar-refractivity contribution in [2.24, 2.45) is 0 Å². The molecule has 0 radical (unpaired) electrons. The first-order valence-electron chi connectivity index (χ1n) is 9.77. The summed E-state index contributed by atoms with van der Waals surface area (Å²) >= 11 is 0. The molecule has 29 heavy (non-hydrogen) atoms. The summed E-state index contributed by atoms with van der Waals surface area (Å²) in [5.74, 6) is 0.349. The molecule has 1 aromatic carbocycles. The zero-order valence-corrected chi connectivity index (χ0v) is 16.1. The van der Waals surface area contributed by atoms with Gasteiger partial charge in [-0.05, 0) is 36.5 Å². The number of hydrogen-bond acceptors (Lipinski definition) is 6. The molecule has 3 aromatic rings. The summed E-state index contributed by atoms with van der Waals surface area (Å²) in [5.41, 5.74) is 9.55. The molecule has 1 saturated heterocycles. The minimum atomic E-state index is -1.64. The molecule has 0 spiro atoms. The summed E-state index contributed by atoms with van der Waals surface area (Å²) in [6.07, 6.45) is 4.36. The monoisotopic (exact) mass is 390 g/mol. The molecule has 7 nitrogen and oxygen atoms in total. The Balaban J connectivity index is 1.48. The second-order valence-corrected chi connectivity index (χ2v) is 7.97. The van der Waals surface area contributed by atoms with Crippen molar-refractivity contribution in [1.82, 2.24) is 15.0 Å². The number of nitrogen functional groups attached to an aromatic ring is 1. The van der Waals surface area contributed by atoms with Crippen LogP contribution in [0, 0.1) is 0 Å². The van der Waals surface area contributed by atoms with E-state index >= 15 is 0 Å². The van der Waals surface area contributed by atoms with Crippen molar-refractivity contribution < 1.29 is 14.4 Å². The maximum absolute atomic E-state index is 12.3. The van der Waals surface area contributed by atoms with Crippen LogP contribution in [0.3, 0.4) is 0 Å². The summed E-state index contributed by atoms with van der Waals surface area (Å²) in [4.78, 5) is 18.3. The third-order valence-electron chi connectivity index (χ3n) is 5.87. The van der Waals surface area contributed by atoms with Gasteiger partial charge in [0, 0.05) is 37.2 Å². The van der Waals surface area contributed by atoms with Gasteiger partial charge in [0.2, 0.25) is 5.60 Å². The first-order chi connectivity index (χ1) is 14.0. The molecule has 3 N–H and O–H groups in total. The highest BCUT2D eigenvalue weighted by atomic mass is 16.5. The van der Waals surface area contributed by atoms with Gasteiger partial charge < -0.3 is 20.3 Å². The second-order valence-electron chi connectivity index (χ2n) is 7.97. The van der Waals surface area contributed by atoms with Crippen LogP contribution >= 0.6 is 0 Å². The number of nitrogens with two attached hydrogens (primary N) is 1. The zero-order chi connectivity index (χ0) is 20.2. The van der Waals surface area contributed by atoms with E-state index in [1.54, 1.807) is 19.3 Å². The van der Waals surface area contributed by atoms with E-state index in [4.69, 9.17) is 10.3 Å². The van der Waals surface area contributed by atoms with Gasteiger partial charge in [-0.1, -0.05) is 23.4 Å². The molecular weight excluding hydrogens is 368 g/mol. The van der Waals surface area contributed by atoms with Crippen molar-refractivity contribution in [2.45, 2.75) is 30.8 Å². The normalized spacial score (nSPS) is 21.7. The van der Waals surface area contributed by atoms with Gasteiger partial charge in [0.1, 0.15) is 5.69 Å². The van der Waals surface area contributed by atoms with Gasteiger partial charge in [0.15, 0.2) is 5.76 Å². The molecule has 5 rings (SSSR count). The Bertz CT molecular complexity index is 1100. The maximum atomic E-state index is 12.3. The highest BCUT2D eigenvalue weighted by molar-refractivity contribution is 5.87. The Morgan fingerprint density at radius 3 is 2.66 bits per heavy atom.